The molecule has 0 amide bonds. The fourth-order valence-corrected chi connectivity index (χ4v) is 2.50. The van der Waals surface area contributed by atoms with Gasteiger partial charge in [0.05, 0.1) is 5.76 Å². The molecule has 0 aromatic rings. The van der Waals surface area contributed by atoms with Gasteiger partial charge in [-0.25, -0.2) is 0 Å². The predicted molar refractivity (Wildman–Crippen MR) is 59.0 cm³/mol. The van der Waals surface area contributed by atoms with Gasteiger partial charge in [-0.1, -0.05) is 25.2 Å². The maximum Gasteiger partial charge on any atom is 0.101 e. The Morgan fingerprint density at radius 1 is 1.21 bits per heavy atom. The van der Waals surface area contributed by atoms with Gasteiger partial charge in [0.15, 0.2) is 0 Å². The van der Waals surface area contributed by atoms with Crippen LogP contribution in [0.25, 0.3) is 0 Å². The second-order valence-electron chi connectivity index (χ2n) is 4.49. The third kappa shape index (κ3) is 2.40. The van der Waals surface area contributed by atoms with E-state index in [0.717, 1.165) is 24.5 Å². The van der Waals surface area contributed by atoms with E-state index in [9.17, 15) is 0 Å². The van der Waals surface area contributed by atoms with Crippen LogP contribution in [0.3, 0.4) is 0 Å². The van der Waals surface area contributed by atoms with Gasteiger partial charge in [0, 0.05) is 6.42 Å². The van der Waals surface area contributed by atoms with E-state index in [1.807, 2.05) is 0 Å². The van der Waals surface area contributed by atoms with Gasteiger partial charge in [0.1, 0.15) is 6.10 Å². The Balaban J connectivity index is 2.03. The highest BCUT2D eigenvalue weighted by molar-refractivity contribution is 4.96. The van der Waals surface area contributed by atoms with Crippen LogP contribution in [-0.4, -0.2) is 6.10 Å². The van der Waals surface area contributed by atoms with Crippen molar-refractivity contribution in [1.29, 1.82) is 0 Å². The summed E-state index contributed by atoms with van der Waals surface area (Å²) in [6.45, 7) is 3.99. The first-order valence-electron chi connectivity index (χ1n) is 5.85. The quantitative estimate of drug-likeness (QED) is 0.530. The van der Waals surface area contributed by atoms with E-state index in [1.54, 1.807) is 0 Å². The fourth-order valence-electron chi connectivity index (χ4n) is 2.50. The van der Waals surface area contributed by atoms with Crippen LogP contribution in [0, 0.1) is 5.92 Å². The van der Waals surface area contributed by atoms with E-state index < -0.39 is 0 Å². The first kappa shape index (κ1) is 9.82. The van der Waals surface area contributed by atoms with Gasteiger partial charge in [-0.15, -0.1) is 0 Å². The lowest BCUT2D eigenvalue weighted by atomic mass is 9.84. The summed E-state index contributed by atoms with van der Waals surface area (Å²) in [6.07, 6.45) is 13.7. The van der Waals surface area contributed by atoms with Crippen LogP contribution >= 0.6 is 0 Å². The largest absolute Gasteiger partial charge is 0.495 e. The van der Waals surface area contributed by atoms with Crippen molar-refractivity contribution < 1.29 is 4.74 Å². The van der Waals surface area contributed by atoms with Crippen molar-refractivity contribution in [3.8, 4) is 0 Å². The van der Waals surface area contributed by atoms with Gasteiger partial charge in [0.2, 0.25) is 0 Å². The summed E-state index contributed by atoms with van der Waals surface area (Å²) in [5, 5.41) is 0. The SMILES string of the molecule is C=C1CC/C=C\CC2CCCCC2O1. The molecule has 1 aliphatic carbocycles. The maximum atomic E-state index is 5.94. The van der Waals surface area contributed by atoms with Gasteiger partial charge >= 0.3 is 0 Å². The molecule has 1 heteroatoms. The molecular formula is C13H20O. The van der Waals surface area contributed by atoms with Crippen LogP contribution in [0.2, 0.25) is 0 Å². The Bertz CT molecular complexity index is 229. The standard InChI is InChI=1S/C13H20O/c1-11-7-3-2-4-8-12-9-5-6-10-13(12)14-11/h2,4,12-13H,1,3,5-10H2/b4-2-. The predicted octanol–water partition coefficient (Wildman–Crippen LogP) is 3.82. The van der Waals surface area contributed by atoms with E-state index in [2.05, 4.69) is 18.7 Å². The van der Waals surface area contributed by atoms with E-state index in [1.165, 1.54) is 32.1 Å². The first-order valence-corrected chi connectivity index (χ1v) is 5.85. The molecule has 0 bridgehead atoms. The Labute approximate surface area is 86.8 Å². The highest BCUT2D eigenvalue weighted by Gasteiger charge is 2.26. The fraction of sp³-hybridized carbons (Fsp3) is 0.692. The molecule has 1 saturated carbocycles. The molecule has 1 aliphatic heterocycles. The van der Waals surface area contributed by atoms with Crippen molar-refractivity contribution >= 4 is 0 Å². The molecule has 2 unspecified atom stereocenters. The first-order chi connectivity index (χ1) is 6.86. The molecule has 2 atom stereocenters. The molecule has 0 aromatic heterocycles. The summed E-state index contributed by atoms with van der Waals surface area (Å²) >= 11 is 0. The minimum Gasteiger partial charge on any atom is -0.495 e. The van der Waals surface area contributed by atoms with Gasteiger partial charge in [-0.2, -0.15) is 0 Å². The molecule has 2 rings (SSSR count). The highest BCUT2D eigenvalue weighted by Crippen LogP contribution is 2.32. The van der Waals surface area contributed by atoms with Crippen molar-refractivity contribution in [2.75, 3.05) is 0 Å². The lowest BCUT2D eigenvalue weighted by Gasteiger charge is -2.31. The number of ether oxygens (including phenoxy) is 1. The molecular weight excluding hydrogens is 172 g/mol. The summed E-state index contributed by atoms with van der Waals surface area (Å²) in [5.74, 6) is 1.74. The Morgan fingerprint density at radius 2 is 2.07 bits per heavy atom. The monoisotopic (exact) mass is 192 g/mol. The van der Waals surface area contributed by atoms with Crippen molar-refractivity contribution in [3.05, 3.63) is 24.5 Å². The van der Waals surface area contributed by atoms with Gasteiger partial charge in [0.25, 0.3) is 0 Å². The van der Waals surface area contributed by atoms with Gasteiger partial charge < -0.3 is 4.74 Å². The third-order valence-corrected chi connectivity index (χ3v) is 3.35. The average molecular weight is 192 g/mol. The molecule has 1 heterocycles. The van der Waals surface area contributed by atoms with Crippen LogP contribution in [-0.2, 0) is 4.74 Å². The Morgan fingerprint density at radius 3 is 3.00 bits per heavy atom. The number of fused-ring (bicyclic) bond motifs is 1. The second-order valence-corrected chi connectivity index (χ2v) is 4.49. The third-order valence-electron chi connectivity index (χ3n) is 3.35. The molecule has 0 N–H and O–H groups in total. The van der Waals surface area contributed by atoms with Crippen molar-refractivity contribution in [2.24, 2.45) is 5.92 Å². The van der Waals surface area contributed by atoms with Crippen LogP contribution < -0.4 is 0 Å². The zero-order valence-corrected chi connectivity index (χ0v) is 8.87. The van der Waals surface area contributed by atoms with Crippen LogP contribution in [0.1, 0.15) is 44.9 Å². The summed E-state index contributed by atoms with van der Waals surface area (Å²) in [6, 6.07) is 0. The number of hydrogen-bond acceptors (Lipinski definition) is 1. The van der Waals surface area contributed by atoms with Crippen LogP contribution in [0.15, 0.2) is 24.5 Å². The minimum atomic E-state index is 0.457. The van der Waals surface area contributed by atoms with Crippen molar-refractivity contribution in [2.45, 2.75) is 51.0 Å². The number of rotatable bonds is 0. The molecule has 1 fully saturated rings. The Kier molecular flexibility index (Phi) is 3.28. The molecule has 2 aliphatic rings. The average Bonchev–Trinajstić information content (AvgIpc) is 2.27. The number of allylic oxidation sites excluding steroid dienone is 3. The maximum absolute atomic E-state index is 5.94. The number of hydrogen-bond donors (Lipinski definition) is 0. The van der Waals surface area contributed by atoms with E-state index in [0.29, 0.717) is 6.10 Å². The lowest BCUT2D eigenvalue weighted by molar-refractivity contribution is 0.0328. The van der Waals surface area contributed by atoms with E-state index in [4.69, 9.17) is 4.74 Å². The topological polar surface area (TPSA) is 9.23 Å². The molecule has 0 spiro atoms. The van der Waals surface area contributed by atoms with Gasteiger partial charge in [-0.3, -0.25) is 0 Å². The van der Waals surface area contributed by atoms with Gasteiger partial charge in [-0.05, 0) is 38.0 Å². The summed E-state index contributed by atoms with van der Waals surface area (Å²) in [7, 11) is 0. The molecule has 0 radical (unpaired) electrons. The molecule has 78 valence electrons. The molecule has 0 aromatic carbocycles. The van der Waals surface area contributed by atoms with E-state index >= 15 is 0 Å². The Hall–Kier alpha value is -0.720. The molecule has 14 heavy (non-hydrogen) atoms. The van der Waals surface area contributed by atoms with E-state index in [-0.39, 0.29) is 0 Å². The summed E-state index contributed by atoms with van der Waals surface area (Å²) in [5.41, 5.74) is 0. The minimum absolute atomic E-state index is 0.457. The molecule has 0 saturated heterocycles. The zero-order chi connectivity index (χ0) is 9.80. The van der Waals surface area contributed by atoms with Crippen molar-refractivity contribution in [1.82, 2.24) is 0 Å². The summed E-state index contributed by atoms with van der Waals surface area (Å²) < 4.78 is 5.94. The van der Waals surface area contributed by atoms with Crippen LogP contribution in [0.5, 0.6) is 0 Å². The smallest absolute Gasteiger partial charge is 0.101 e. The normalized spacial score (nSPS) is 35.9. The zero-order valence-electron chi connectivity index (χ0n) is 8.87. The highest BCUT2D eigenvalue weighted by atomic mass is 16.5. The van der Waals surface area contributed by atoms with Crippen LogP contribution in [0.4, 0.5) is 0 Å². The second kappa shape index (κ2) is 4.68. The van der Waals surface area contributed by atoms with Crippen molar-refractivity contribution in [3.63, 3.8) is 0 Å². The lowest BCUT2D eigenvalue weighted by Crippen LogP contribution is -2.26. The molecule has 1 nitrogen and oxygen atoms in total. The summed E-state index contributed by atoms with van der Waals surface area (Å²) in [4.78, 5) is 0.